The molecule has 40 heavy (non-hydrogen) atoms. The summed E-state index contributed by atoms with van der Waals surface area (Å²) in [5, 5.41) is 2.73. The molecule has 14 heteroatoms. The van der Waals surface area contributed by atoms with Crippen LogP contribution in [0.5, 0.6) is 11.5 Å². The molecular formula is C26H32BBrF2N2O8. The van der Waals surface area contributed by atoms with Crippen LogP contribution in [-0.2, 0) is 18.9 Å². The Bertz CT molecular complexity index is 1290. The zero-order chi connectivity index (χ0) is 30.2. The summed E-state index contributed by atoms with van der Waals surface area (Å²) in [7, 11) is 1.53. The van der Waals surface area contributed by atoms with Crippen molar-refractivity contribution in [1.29, 1.82) is 0 Å². The van der Waals surface area contributed by atoms with E-state index in [4.69, 9.17) is 28.4 Å². The Hall–Kier alpha value is -3.10. The Balaban J connectivity index is 2.00. The molecule has 3 rings (SSSR count). The van der Waals surface area contributed by atoms with Gasteiger partial charge in [0.2, 0.25) is 0 Å². The molecule has 1 aliphatic rings. The molecule has 2 aromatic carbocycles. The first-order valence-corrected chi connectivity index (χ1v) is 13.0. The molecule has 0 aliphatic carbocycles. The molecule has 1 fully saturated rings. The van der Waals surface area contributed by atoms with Gasteiger partial charge in [-0.3, -0.25) is 5.32 Å². The van der Waals surface area contributed by atoms with Crippen molar-refractivity contribution in [3.05, 3.63) is 40.4 Å². The second-order valence-corrected chi connectivity index (χ2v) is 11.7. The zero-order valence-electron chi connectivity index (χ0n) is 23.7. The maximum Gasteiger partial charge on any atom is 0.497 e. The molecule has 1 aliphatic heterocycles. The fraction of sp³-hybridized carbons (Fsp3) is 0.462. The maximum atomic E-state index is 15.5. The van der Waals surface area contributed by atoms with Gasteiger partial charge >= 0.3 is 19.3 Å². The molecule has 0 aromatic heterocycles. The second-order valence-electron chi connectivity index (χ2n) is 10.9. The first-order chi connectivity index (χ1) is 18.4. The Kier molecular flexibility index (Phi) is 8.97. The third kappa shape index (κ3) is 6.78. The van der Waals surface area contributed by atoms with Gasteiger partial charge in [-0.05, 0) is 76.5 Å². The number of anilines is 2. The van der Waals surface area contributed by atoms with E-state index in [2.05, 4.69) is 21.2 Å². The predicted octanol–water partition coefficient (Wildman–Crippen LogP) is 5.95. The lowest BCUT2D eigenvalue weighted by atomic mass is 9.78. The molecule has 0 radical (unpaired) electrons. The highest BCUT2D eigenvalue weighted by Gasteiger charge is 2.52. The van der Waals surface area contributed by atoms with Crippen molar-refractivity contribution < 1.29 is 46.7 Å². The van der Waals surface area contributed by atoms with Gasteiger partial charge in [0.15, 0.2) is 0 Å². The van der Waals surface area contributed by atoms with Gasteiger partial charge < -0.3 is 28.4 Å². The number of hydrogen-bond acceptors (Lipinski definition) is 8. The molecule has 1 heterocycles. The van der Waals surface area contributed by atoms with E-state index in [0.29, 0.717) is 5.06 Å². The molecule has 2 aromatic rings. The van der Waals surface area contributed by atoms with Crippen LogP contribution < -0.4 is 25.3 Å². The van der Waals surface area contributed by atoms with Gasteiger partial charge in [0, 0.05) is 17.6 Å². The Labute approximate surface area is 240 Å². The molecular weight excluding hydrogens is 597 g/mol. The van der Waals surface area contributed by atoms with Gasteiger partial charge in [0.25, 0.3) is 0 Å². The molecule has 1 saturated heterocycles. The SMILES string of the molecule is COc1cc(Br)c(F)cc1NC(=O)ON(C(=O)OC(C)(C)C)c1cc(F)c(B2OC(C)(C)C(C)(C)O2)cc1OC. The Morgan fingerprint density at radius 2 is 1.52 bits per heavy atom. The van der Waals surface area contributed by atoms with Crippen LogP contribution in [-0.4, -0.2) is 50.3 Å². The van der Waals surface area contributed by atoms with E-state index in [9.17, 15) is 14.0 Å². The van der Waals surface area contributed by atoms with Crippen LogP contribution in [0.25, 0.3) is 0 Å². The van der Waals surface area contributed by atoms with Crippen molar-refractivity contribution in [3.63, 3.8) is 0 Å². The highest BCUT2D eigenvalue weighted by molar-refractivity contribution is 9.10. The number of nitrogens with one attached hydrogen (secondary N) is 1. The summed E-state index contributed by atoms with van der Waals surface area (Å²) < 4.78 is 57.6. The number of carbonyl (C=O) groups excluding carboxylic acids is 2. The number of halogens is 3. The van der Waals surface area contributed by atoms with E-state index in [1.807, 2.05) is 27.7 Å². The summed E-state index contributed by atoms with van der Waals surface area (Å²) in [6.07, 6.45) is -2.39. The molecule has 0 atom stereocenters. The Morgan fingerprint density at radius 3 is 2.05 bits per heavy atom. The lowest BCUT2D eigenvalue weighted by Gasteiger charge is -2.32. The zero-order valence-corrected chi connectivity index (χ0v) is 25.3. The van der Waals surface area contributed by atoms with Crippen molar-refractivity contribution in [3.8, 4) is 11.5 Å². The molecule has 0 bridgehead atoms. The van der Waals surface area contributed by atoms with Gasteiger partial charge in [-0.15, -0.1) is 0 Å². The van der Waals surface area contributed by atoms with Gasteiger partial charge in [0.05, 0.1) is 35.6 Å². The number of hydroxylamine groups is 1. The van der Waals surface area contributed by atoms with Crippen molar-refractivity contribution in [2.24, 2.45) is 0 Å². The van der Waals surface area contributed by atoms with Gasteiger partial charge in [0.1, 0.15) is 34.4 Å². The third-order valence-electron chi connectivity index (χ3n) is 6.24. The average Bonchev–Trinajstić information content (AvgIpc) is 3.04. The number of carbonyl (C=O) groups is 2. The summed E-state index contributed by atoms with van der Waals surface area (Å²) in [5.41, 5.74) is -2.88. The van der Waals surface area contributed by atoms with E-state index in [1.54, 1.807) is 20.8 Å². The largest absolute Gasteiger partial charge is 0.497 e. The number of amides is 2. The summed E-state index contributed by atoms with van der Waals surface area (Å²) in [5.74, 6) is -1.48. The first kappa shape index (κ1) is 31.4. The minimum Gasteiger partial charge on any atom is -0.495 e. The smallest absolute Gasteiger partial charge is 0.495 e. The van der Waals surface area contributed by atoms with E-state index in [0.717, 1.165) is 12.1 Å². The monoisotopic (exact) mass is 628 g/mol. The number of nitrogens with zero attached hydrogens (tertiary/aromatic N) is 1. The molecule has 1 N–H and O–H groups in total. The molecule has 10 nitrogen and oxygen atoms in total. The summed E-state index contributed by atoms with van der Waals surface area (Å²) in [4.78, 5) is 31.3. The minimum atomic E-state index is -1.23. The van der Waals surface area contributed by atoms with Gasteiger partial charge in [-0.2, -0.15) is 0 Å². The van der Waals surface area contributed by atoms with E-state index in [-0.39, 0.29) is 32.8 Å². The summed E-state index contributed by atoms with van der Waals surface area (Å²) >= 11 is 3.03. The van der Waals surface area contributed by atoms with Crippen molar-refractivity contribution >= 4 is 52.1 Å². The number of benzene rings is 2. The predicted molar refractivity (Wildman–Crippen MR) is 148 cm³/mol. The highest BCUT2D eigenvalue weighted by atomic mass is 79.9. The standard InChI is InChI=1S/C26H32BBrF2N2O8/c1-24(2,3)37-23(34)32(38-22(33)31-18-12-17(30)15(28)11-20(18)35-8)19-13-16(29)14(10-21(19)36-9)27-39-25(4,5)26(6,7)40-27/h10-13H,1-9H3,(H,31,33). The number of rotatable bonds is 5. The third-order valence-corrected chi connectivity index (χ3v) is 6.84. The molecule has 0 spiro atoms. The Morgan fingerprint density at radius 1 is 0.950 bits per heavy atom. The molecule has 0 saturated carbocycles. The molecule has 218 valence electrons. The van der Waals surface area contributed by atoms with Crippen LogP contribution >= 0.6 is 15.9 Å². The van der Waals surface area contributed by atoms with Crippen molar-refractivity contribution in [2.75, 3.05) is 24.6 Å². The van der Waals surface area contributed by atoms with Gasteiger partial charge in [-0.1, -0.05) is 5.06 Å². The van der Waals surface area contributed by atoms with Crippen LogP contribution in [0, 0.1) is 11.6 Å². The minimum absolute atomic E-state index is 0.00270. The van der Waals surface area contributed by atoms with Crippen molar-refractivity contribution in [2.45, 2.75) is 65.3 Å². The maximum absolute atomic E-state index is 15.5. The number of methoxy groups -OCH3 is 2. The second kappa shape index (κ2) is 11.4. The molecule has 0 unspecified atom stereocenters. The van der Waals surface area contributed by atoms with Crippen molar-refractivity contribution in [1.82, 2.24) is 0 Å². The lowest BCUT2D eigenvalue weighted by molar-refractivity contribution is 0.00578. The topological polar surface area (TPSA) is 105 Å². The summed E-state index contributed by atoms with van der Waals surface area (Å²) in [6, 6.07) is 4.49. The number of ether oxygens (including phenoxy) is 3. The molecule has 2 amide bonds. The van der Waals surface area contributed by atoms with Crippen LogP contribution in [0.4, 0.5) is 29.7 Å². The summed E-state index contributed by atoms with van der Waals surface area (Å²) in [6.45, 7) is 12.1. The average molecular weight is 629 g/mol. The van der Waals surface area contributed by atoms with E-state index in [1.165, 1.54) is 26.4 Å². The van der Waals surface area contributed by atoms with E-state index < -0.39 is 47.7 Å². The van der Waals surface area contributed by atoms with Gasteiger partial charge in [-0.25, -0.2) is 18.4 Å². The van der Waals surface area contributed by atoms with E-state index >= 15 is 4.39 Å². The fourth-order valence-corrected chi connectivity index (χ4v) is 3.85. The first-order valence-electron chi connectivity index (χ1n) is 12.2. The van der Waals surface area contributed by atoms with Crippen LogP contribution in [0.2, 0.25) is 0 Å². The normalized spacial score (nSPS) is 15.8. The lowest BCUT2D eigenvalue weighted by Crippen LogP contribution is -2.41. The highest BCUT2D eigenvalue weighted by Crippen LogP contribution is 2.38. The number of hydrogen-bond donors (Lipinski definition) is 1. The van der Waals surface area contributed by atoms with Crippen LogP contribution in [0.1, 0.15) is 48.5 Å². The van der Waals surface area contributed by atoms with Crippen LogP contribution in [0.15, 0.2) is 28.7 Å². The van der Waals surface area contributed by atoms with Crippen LogP contribution in [0.3, 0.4) is 0 Å². The fourth-order valence-electron chi connectivity index (χ4n) is 3.53. The quantitative estimate of drug-likeness (QED) is 0.320.